The number of aromatic nitrogens is 1. The van der Waals surface area contributed by atoms with Gasteiger partial charge in [0.1, 0.15) is 23.3 Å². The maximum absolute atomic E-state index is 12.6. The van der Waals surface area contributed by atoms with E-state index in [0.29, 0.717) is 25.1 Å². The molecule has 7 heteroatoms. The molecule has 0 spiro atoms. The van der Waals surface area contributed by atoms with Crippen LogP contribution in [-0.4, -0.2) is 48.0 Å². The zero-order valence-electron chi connectivity index (χ0n) is 16.0. The first kappa shape index (κ1) is 19.7. The number of nitrogens with zero attached hydrogens (tertiary/aromatic N) is 2. The number of rotatable bonds is 7. The fourth-order valence-electron chi connectivity index (χ4n) is 3.27. The minimum atomic E-state index is -0.593. The highest BCUT2D eigenvalue weighted by Gasteiger charge is 2.25. The van der Waals surface area contributed by atoms with E-state index in [2.05, 4.69) is 4.98 Å². The van der Waals surface area contributed by atoms with Gasteiger partial charge in [-0.3, -0.25) is 14.6 Å². The van der Waals surface area contributed by atoms with Crippen molar-refractivity contribution in [3.63, 3.8) is 0 Å². The molecule has 0 saturated carbocycles. The van der Waals surface area contributed by atoms with E-state index in [0.717, 1.165) is 30.7 Å². The van der Waals surface area contributed by atoms with E-state index in [1.54, 1.807) is 13.2 Å². The van der Waals surface area contributed by atoms with Gasteiger partial charge in [-0.2, -0.15) is 0 Å². The zero-order chi connectivity index (χ0) is 19.9. The van der Waals surface area contributed by atoms with Crippen molar-refractivity contribution in [3.8, 4) is 11.5 Å². The zero-order valence-corrected chi connectivity index (χ0v) is 16.0. The summed E-state index contributed by atoms with van der Waals surface area (Å²) in [5.74, 6) is 0.879. The van der Waals surface area contributed by atoms with Gasteiger partial charge in [0.15, 0.2) is 0 Å². The van der Waals surface area contributed by atoms with Crippen LogP contribution in [0.5, 0.6) is 11.5 Å². The van der Waals surface area contributed by atoms with Gasteiger partial charge in [0.05, 0.1) is 13.7 Å². The molecule has 148 valence electrons. The molecule has 2 amide bonds. The number of likely N-dealkylation sites (tertiary alicyclic amines) is 1. The van der Waals surface area contributed by atoms with Crippen LogP contribution in [0, 0.1) is 0 Å². The third kappa shape index (κ3) is 5.22. The summed E-state index contributed by atoms with van der Waals surface area (Å²) < 4.78 is 11.1. The minimum Gasteiger partial charge on any atom is -0.497 e. The smallest absolute Gasteiger partial charge is 0.267 e. The predicted octanol–water partition coefficient (Wildman–Crippen LogP) is 2.19. The van der Waals surface area contributed by atoms with E-state index >= 15 is 0 Å². The third-order valence-corrected chi connectivity index (χ3v) is 4.80. The molecule has 2 aromatic rings. The van der Waals surface area contributed by atoms with Crippen molar-refractivity contribution >= 4 is 11.8 Å². The molecular formula is C21H25N3O4. The van der Waals surface area contributed by atoms with Gasteiger partial charge >= 0.3 is 0 Å². The van der Waals surface area contributed by atoms with Crippen LogP contribution in [0.1, 0.15) is 35.3 Å². The number of pyridine rings is 1. The number of benzene rings is 1. The largest absolute Gasteiger partial charge is 0.497 e. The van der Waals surface area contributed by atoms with E-state index in [4.69, 9.17) is 15.2 Å². The van der Waals surface area contributed by atoms with E-state index in [1.807, 2.05) is 29.2 Å². The SMILES string of the molecule is COc1ccc(CCC(=O)N2CCCC(Oc3ccnc(C(N)=O)c3)C2)cc1. The number of primary amides is 1. The molecule has 1 saturated heterocycles. The Labute approximate surface area is 164 Å². The summed E-state index contributed by atoms with van der Waals surface area (Å²) in [6.07, 6.45) is 4.28. The Balaban J connectivity index is 1.52. The number of methoxy groups -OCH3 is 1. The maximum Gasteiger partial charge on any atom is 0.267 e. The number of amides is 2. The van der Waals surface area contributed by atoms with Crippen LogP contribution < -0.4 is 15.2 Å². The fraction of sp³-hybridized carbons (Fsp3) is 0.381. The van der Waals surface area contributed by atoms with E-state index in [1.165, 1.54) is 12.3 Å². The Morgan fingerprint density at radius 1 is 1.21 bits per heavy atom. The predicted molar refractivity (Wildman–Crippen MR) is 104 cm³/mol. The molecule has 1 unspecified atom stereocenters. The first-order valence-electron chi connectivity index (χ1n) is 9.38. The van der Waals surface area contributed by atoms with Crippen molar-refractivity contribution in [2.24, 2.45) is 5.73 Å². The lowest BCUT2D eigenvalue weighted by molar-refractivity contribution is -0.133. The quantitative estimate of drug-likeness (QED) is 0.791. The van der Waals surface area contributed by atoms with Crippen molar-refractivity contribution in [3.05, 3.63) is 53.9 Å². The van der Waals surface area contributed by atoms with Crippen molar-refractivity contribution in [1.29, 1.82) is 0 Å². The van der Waals surface area contributed by atoms with Crippen LogP contribution in [0.15, 0.2) is 42.6 Å². The average Bonchev–Trinajstić information content (AvgIpc) is 2.72. The Kier molecular flexibility index (Phi) is 6.47. The monoisotopic (exact) mass is 383 g/mol. The lowest BCUT2D eigenvalue weighted by Gasteiger charge is -2.33. The molecule has 28 heavy (non-hydrogen) atoms. The highest BCUT2D eigenvalue weighted by atomic mass is 16.5. The number of hydrogen-bond acceptors (Lipinski definition) is 5. The number of carbonyl (C=O) groups excluding carboxylic acids is 2. The summed E-state index contributed by atoms with van der Waals surface area (Å²) in [5, 5.41) is 0. The Morgan fingerprint density at radius 3 is 2.71 bits per heavy atom. The molecule has 0 radical (unpaired) electrons. The maximum atomic E-state index is 12.6. The van der Waals surface area contributed by atoms with Crippen molar-refractivity contribution in [2.75, 3.05) is 20.2 Å². The molecule has 1 atom stereocenters. The van der Waals surface area contributed by atoms with Crippen molar-refractivity contribution in [2.45, 2.75) is 31.8 Å². The molecule has 1 fully saturated rings. The van der Waals surface area contributed by atoms with Gasteiger partial charge < -0.3 is 20.1 Å². The number of aryl methyl sites for hydroxylation is 1. The number of piperidine rings is 1. The number of hydrogen-bond donors (Lipinski definition) is 1. The molecule has 1 aliphatic heterocycles. The van der Waals surface area contributed by atoms with Gasteiger partial charge in [0, 0.05) is 25.2 Å². The molecule has 1 aromatic carbocycles. The van der Waals surface area contributed by atoms with E-state index in [9.17, 15) is 9.59 Å². The minimum absolute atomic E-state index is 0.109. The first-order valence-corrected chi connectivity index (χ1v) is 9.38. The molecule has 1 aliphatic rings. The fourth-order valence-corrected chi connectivity index (χ4v) is 3.27. The van der Waals surface area contributed by atoms with Gasteiger partial charge in [-0.15, -0.1) is 0 Å². The van der Waals surface area contributed by atoms with E-state index in [-0.39, 0.29) is 17.7 Å². The molecule has 2 heterocycles. The first-order chi connectivity index (χ1) is 13.5. The van der Waals surface area contributed by atoms with Gasteiger partial charge in [0.2, 0.25) is 5.91 Å². The Bertz CT molecular complexity index is 823. The van der Waals surface area contributed by atoms with Crippen LogP contribution in [0.25, 0.3) is 0 Å². The summed E-state index contributed by atoms with van der Waals surface area (Å²) in [7, 11) is 1.63. The van der Waals surface area contributed by atoms with Crippen LogP contribution in [0.4, 0.5) is 0 Å². The van der Waals surface area contributed by atoms with Gasteiger partial charge in [0.25, 0.3) is 5.91 Å². The molecule has 1 aromatic heterocycles. The summed E-state index contributed by atoms with van der Waals surface area (Å²) in [6, 6.07) is 11.0. The molecule has 3 rings (SSSR count). The second-order valence-electron chi connectivity index (χ2n) is 6.81. The third-order valence-electron chi connectivity index (χ3n) is 4.80. The van der Waals surface area contributed by atoms with Crippen LogP contribution >= 0.6 is 0 Å². The molecule has 0 bridgehead atoms. The molecule has 2 N–H and O–H groups in total. The van der Waals surface area contributed by atoms with Crippen LogP contribution in [-0.2, 0) is 11.2 Å². The number of carbonyl (C=O) groups is 2. The van der Waals surface area contributed by atoms with Crippen molar-refractivity contribution in [1.82, 2.24) is 9.88 Å². The average molecular weight is 383 g/mol. The molecular weight excluding hydrogens is 358 g/mol. The van der Waals surface area contributed by atoms with Gasteiger partial charge in [-0.25, -0.2) is 0 Å². The number of ether oxygens (including phenoxy) is 2. The summed E-state index contributed by atoms with van der Waals surface area (Å²) in [5.41, 5.74) is 6.53. The number of nitrogens with two attached hydrogens (primary N) is 1. The Hall–Kier alpha value is -3.09. The van der Waals surface area contributed by atoms with Crippen LogP contribution in [0.3, 0.4) is 0 Å². The summed E-state index contributed by atoms with van der Waals surface area (Å²) in [4.78, 5) is 29.6. The van der Waals surface area contributed by atoms with E-state index < -0.39 is 5.91 Å². The molecule has 0 aliphatic carbocycles. The summed E-state index contributed by atoms with van der Waals surface area (Å²) >= 11 is 0. The second-order valence-corrected chi connectivity index (χ2v) is 6.81. The van der Waals surface area contributed by atoms with Gasteiger partial charge in [-0.1, -0.05) is 12.1 Å². The van der Waals surface area contributed by atoms with Crippen molar-refractivity contribution < 1.29 is 19.1 Å². The highest BCUT2D eigenvalue weighted by Crippen LogP contribution is 2.20. The standard InChI is InChI=1S/C21H25N3O4/c1-27-16-7-4-15(5-8-16)6-9-20(25)24-12-2-3-18(14-24)28-17-10-11-23-19(13-17)21(22)26/h4-5,7-8,10-11,13,18H,2-3,6,9,12,14H2,1H3,(H2,22,26). The lowest BCUT2D eigenvalue weighted by Crippen LogP contribution is -2.44. The van der Waals surface area contributed by atoms with Crippen LogP contribution in [0.2, 0.25) is 0 Å². The Morgan fingerprint density at radius 2 is 2.00 bits per heavy atom. The highest BCUT2D eigenvalue weighted by molar-refractivity contribution is 5.91. The second kappa shape index (κ2) is 9.21. The normalized spacial score (nSPS) is 16.5. The van der Waals surface area contributed by atoms with Gasteiger partial charge in [-0.05, 0) is 43.0 Å². The molecule has 7 nitrogen and oxygen atoms in total. The topological polar surface area (TPSA) is 94.8 Å². The summed E-state index contributed by atoms with van der Waals surface area (Å²) in [6.45, 7) is 1.28. The lowest BCUT2D eigenvalue weighted by atomic mass is 10.1.